The number of nitrogens with zero attached hydrogens (tertiary/aromatic N) is 3. The van der Waals surface area contributed by atoms with E-state index in [2.05, 4.69) is 23.8 Å². The van der Waals surface area contributed by atoms with Crippen LogP contribution in [0.15, 0.2) is 24.3 Å². The number of unbranched alkanes of at least 4 members (excludes halogenated alkanes) is 1. The average Bonchev–Trinajstić information content (AvgIpc) is 2.98. The Morgan fingerprint density at radius 2 is 2.00 bits per heavy atom. The van der Waals surface area contributed by atoms with Crippen molar-refractivity contribution < 1.29 is 9.90 Å². The maximum Gasteiger partial charge on any atom is 0.253 e. The van der Waals surface area contributed by atoms with Crippen LogP contribution < -0.4 is 4.90 Å². The van der Waals surface area contributed by atoms with Gasteiger partial charge >= 0.3 is 0 Å². The Balaban J connectivity index is 1.61. The van der Waals surface area contributed by atoms with E-state index in [1.54, 1.807) is 0 Å². The summed E-state index contributed by atoms with van der Waals surface area (Å²) in [4.78, 5) is 19.2. The third kappa shape index (κ3) is 3.73. The molecule has 24 heavy (non-hydrogen) atoms. The highest BCUT2D eigenvalue weighted by molar-refractivity contribution is 5.94. The number of amides is 1. The number of benzene rings is 1. The highest BCUT2D eigenvalue weighted by Crippen LogP contribution is 2.23. The van der Waals surface area contributed by atoms with Crippen LogP contribution in [0.4, 0.5) is 5.69 Å². The third-order valence-corrected chi connectivity index (χ3v) is 5.28. The molecule has 0 unspecified atom stereocenters. The van der Waals surface area contributed by atoms with Gasteiger partial charge in [-0.2, -0.15) is 0 Å². The molecule has 0 radical (unpaired) electrons. The van der Waals surface area contributed by atoms with Crippen molar-refractivity contribution in [2.45, 2.75) is 38.3 Å². The minimum absolute atomic E-state index is 0.110. The Kier molecular flexibility index (Phi) is 5.41. The maximum absolute atomic E-state index is 12.8. The van der Waals surface area contributed by atoms with E-state index in [0.29, 0.717) is 6.04 Å². The standard InChI is InChI=1S/C19H29N3O2/c1-3-4-9-20(2)16-7-5-15(6-8-16)19(24)22-11-10-21-14-18(23)12-17(21)13-22/h5-8,17-18,23H,3-4,9-14H2,1-2H3/t17-,18+/m0/s1. The largest absolute Gasteiger partial charge is 0.392 e. The first-order chi connectivity index (χ1) is 11.6. The summed E-state index contributed by atoms with van der Waals surface area (Å²) in [7, 11) is 2.09. The van der Waals surface area contributed by atoms with Gasteiger partial charge in [0.15, 0.2) is 0 Å². The van der Waals surface area contributed by atoms with Gasteiger partial charge in [0.1, 0.15) is 0 Å². The zero-order valence-corrected chi connectivity index (χ0v) is 14.8. The number of aliphatic hydroxyl groups is 1. The number of anilines is 1. The molecule has 1 amide bonds. The van der Waals surface area contributed by atoms with Crippen molar-refractivity contribution in [2.75, 3.05) is 44.7 Å². The maximum atomic E-state index is 12.8. The molecule has 2 fully saturated rings. The van der Waals surface area contributed by atoms with E-state index in [4.69, 9.17) is 0 Å². The lowest BCUT2D eigenvalue weighted by molar-refractivity contribution is 0.0569. The predicted molar refractivity (Wildman–Crippen MR) is 96.5 cm³/mol. The second-order valence-electron chi connectivity index (χ2n) is 7.11. The molecule has 0 spiro atoms. The van der Waals surface area contributed by atoms with Crippen molar-refractivity contribution in [3.8, 4) is 0 Å². The fraction of sp³-hybridized carbons (Fsp3) is 0.632. The lowest BCUT2D eigenvalue weighted by Gasteiger charge is -2.37. The molecule has 2 heterocycles. The van der Waals surface area contributed by atoms with Crippen LogP contribution in [0, 0.1) is 0 Å². The predicted octanol–water partition coefficient (Wildman–Crippen LogP) is 1.81. The monoisotopic (exact) mass is 331 g/mol. The number of carbonyl (C=O) groups excluding carboxylic acids is 1. The molecule has 0 bridgehead atoms. The summed E-state index contributed by atoms with van der Waals surface area (Å²) in [6.07, 6.45) is 2.91. The fourth-order valence-corrected chi connectivity index (χ4v) is 3.77. The first kappa shape index (κ1) is 17.2. The summed E-state index contributed by atoms with van der Waals surface area (Å²) in [6, 6.07) is 8.28. The van der Waals surface area contributed by atoms with Crippen LogP contribution in [-0.4, -0.2) is 72.7 Å². The number of hydrogen-bond donors (Lipinski definition) is 1. The van der Waals surface area contributed by atoms with Crippen LogP contribution in [-0.2, 0) is 0 Å². The van der Waals surface area contributed by atoms with E-state index in [0.717, 1.165) is 50.4 Å². The van der Waals surface area contributed by atoms with Crippen molar-refractivity contribution in [1.29, 1.82) is 0 Å². The van der Waals surface area contributed by atoms with Gasteiger partial charge < -0.3 is 14.9 Å². The number of rotatable bonds is 5. The fourth-order valence-electron chi connectivity index (χ4n) is 3.77. The molecule has 1 aromatic rings. The SMILES string of the molecule is CCCCN(C)c1ccc(C(=O)N2CCN3C[C@H](O)C[C@H]3C2)cc1. The van der Waals surface area contributed by atoms with Crippen LogP contribution in [0.2, 0.25) is 0 Å². The average molecular weight is 331 g/mol. The van der Waals surface area contributed by atoms with Gasteiger partial charge in [0, 0.05) is 57.1 Å². The molecular weight excluding hydrogens is 302 g/mol. The molecule has 5 nitrogen and oxygen atoms in total. The Hall–Kier alpha value is -1.59. The zero-order valence-electron chi connectivity index (χ0n) is 14.8. The van der Waals surface area contributed by atoms with Gasteiger partial charge in [0.2, 0.25) is 0 Å². The van der Waals surface area contributed by atoms with Crippen LogP contribution in [0.25, 0.3) is 0 Å². The molecule has 2 aliphatic rings. The Morgan fingerprint density at radius 1 is 1.25 bits per heavy atom. The summed E-state index contributed by atoms with van der Waals surface area (Å²) in [5.74, 6) is 0.110. The van der Waals surface area contributed by atoms with Gasteiger partial charge in [-0.3, -0.25) is 9.69 Å². The summed E-state index contributed by atoms with van der Waals surface area (Å²) >= 11 is 0. The first-order valence-corrected chi connectivity index (χ1v) is 9.11. The number of fused-ring (bicyclic) bond motifs is 1. The zero-order chi connectivity index (χ0) is 17.1. The highest BCUT2D eigenvalue weighted by Gasteiger charge is 2.36. The van der Waals surface area contributed by atoms with E-state index < -0.39 is 0 Å². The van der Waals surface area contributed by atoms with Crippen molar-refractivity contribution in [2.24, 2.45) is 0 Å². The van der Waals surface area contributed by atoms with Crippen molar-refractivity contribution in [3.05, 3.63) is 29.8 Å². The van der Waals surface area contributed by atoms with Crippen LogP contribution in [0.3, 0.4) is 0 Å². The van der Waals surface area contributed by atoms with E-state index >= 15 is 0 Å². The van der Waals surface area contributed by atoms with Gasteiger partial charge in [0.25, 0.3) is 5.91 Å². The number of aliphatic hydroxyl groups excluding tert-OH is 1. The third-order valence-electron chi connectivity index (χ3n) is 5.28. The van der Waals surface area contributed by atoms with Gasteiger partial charge in [-0.15, -0.1) is 0 Å². The minimum Gasteiger partial charge on any atom is -0.392 e. The second-order valence-corrected chi connectivity index (χ2v) is 7.11. The Morgan fingerprint density at radius 3 is 2.71 bits per heavy atom. The number of hydrogen-bond acceptors (Lipinski definition) is 4. The van der Waals surface area contributed by atoms with Crippen LogP contribution >= 0.6 is 0 Å². The van der Waals surface area contributed by atoms with E-state index in [1.165, 1.54) is 12.8 Å². The molecule has 3 rings (SSSR count). The summed E-state index contributed by atoms with van der Waals surface area (Å²) in [5, 5.41) is 9.80. The lowest BCUT2D eigenvalue weighted by atomic mass is 10.1. The number of carbonyl (C=O) groups is 1. The summed E-state index contributed by atoms with van der Waals surface area (Å²) < 4.78 is 0. The Bertz CT molecular complexity index is 560. The molecule has 0 aromatic heterocycles. The molecular formula is C19H29N3O2. The normalized spacial score (nSPS) is 24.0. The van der Waals surface area contributed by atoms with Gasteiger partial charge in [0.05, 0.1) is 6.10 Å². The highest BCUT2D eigenvalue weighted by atomic mass is 16.3. The first-order valence-electron chi connectivity index (χ1n) is 9.11. The molecule has 0 aliphatic carbocycles. The van der Waals surface area contributed by atoms with Gasteiger partial charge in [-0.25, -0.2) is 0 Å². The molecule has 5 heteroatoms. The number of piperazine rings is 1. The quantitative estimate of drug-likeness (QED) is 0.894. The summed E-state index contributed by atoms with van der Waals surface area (Å²) in [6.45, 7) is 6.33. The van der Waals surface area contributed by atoms with Crippen molar-refractivity contribution in [3.63, 3.8) is 0 Å². The van der Waals surface area contributed by atoms with Gasteiger partial charge in [-0.1, -0.05) is 13.3 Å². The van der Waals surface area contributed by atoms with E-state index in [9.17, 15) is 9.90 Å². The molecule has 2 atom stereocenters. The van der Waals surface area contributed by atoms with Crippen molar-refractivity contribution >= 4 is 11.6 Å². The molecule has 1 N–H and O–H groups in total. The topological polar surface area (TPSA) is 47.0 Å². The van der Waals surface area contributed by atoms with Gasteiger partial charge in [-0.05, 0) is 37.1 Å². The van der Waals surface area contributed by atoms with E-state index in [1.807, 2.05) is 29.2 Å². The molecule has 132 valence electrons. The molecule has 0 saturated carbocycles. The molecule has 2 saturated heterocycles. The van der Waals surface area contributed by atoms with Crippen LogP contribution in [0.5, 0.6) is 0 Å². The minimum atomic E-state index is -0.233. The molecule has 2 aliphatic heterocycles. The smallest absolute Gasteiger partial charge is 0.253 e. The molecule has 1 aromatic carbocycles. The van der Waals surface area contributed by atoms with Crippen LogP contribution in [0.1, 0.15) is 36.5 Å². The van der Waals surface area contributed by atoms with Crippen molar-refractivity contribution in [1.82, 2.24) is 9.80 Å². The lowest BCUT2D eigenvalue weighted by Crippen LogP contribution is -2.52. The summed E-state index contributed by atoms with van der Waals surface area (Å²) in [5.41, 5.74) is 1.92. The Labute approximate surface area is 144 Å². The second kappa shape index (κ2) is 7.53. The van der Waals surface area contributed by atoms with E-state index in [-0.39, 0.29) is 12.0 Å².